The van der Waals surface area contributed by atoms with Gasteiger partial charge in [-0.05, 0) is 29.3 Å². The van der Waals surface area contributed by atoms with Gasteiger partial charge in [-0.15, -0.1) is 11.8 Å². The molecule has 0 unspecified atom stereocenters. The van der Waals surface area contributed by atoms with Gasteiger partial charge < -0.3 is 14.8 Å². The third kappa shape index (κ3) is 4.99. The Morgan fingerprint density at radius 3 is 2.11 bits per heavy atom. The molecule has 0 radical (unpaired) electrons. The van der Waals surface area contributed by atoms with Gasteiger partial charge >= 0.3 is 5.97 Å². The minimum atomic E-state index is -0.725. The van der Waals surface area contributed by atoms with E-state index in [1.54, 1.807) is 18.2 Å². The molecule has 3 aromatic rings. The third-order valence-corrected chi connectivity index (χ3v) is 7.10. The van der Waals surface area contributed by atoms with Gasteiger partial charge in [0, 0.05) is 5.75 Å². The molecule has 2 aliphatic heterocycles. The van der Waals surface area contributed by atoms with Gasteiger partial charge in [-0.25, -0.2) is 4.79 Å². The summed E-state index contributed by atoms with van der Waals surface area (Å²) >= 11 is 1.48. The molecule has 1 N–H and O–H groups in total. The van der Waals surface area contributed by atoms with Crippen LogP contribution in [0, 0.1) is 0 Å². The normalized spacial score (nSPS) is 18.5. The Hall–Kier alpha value is -4.04. The lowest BCUT2D eigenvalue weighted by molar-refractivity contribution is -0.154. The second-order valence-corrected chi connectivity index (χ2v) is 9.42. The Kier molecular flexibility index (Phi) is 7.04. The number of β-lactam (4-membered cyclic amide) rings is 1. The molecule has 36 heavy (non-hydrogen) atoms. The minimum absolute atomic E-state index is 0.201. The zero-order valence-corrected chi connectivity index (χ0v) is 20.1. The molecule has 5 rings (SSSR count). The van der Waals surface area contributed by atoms with Gasteiger partial charge in [-0.3, -0.25) is 14.5 Å². The monoisotopic (exact) mass is 500 g/mol. The summed E-state index contributed by atoms with van der Waals surface area (Å²) in [6.45, 7) is -0.203. The number of nitrogens with one attached hydrogen (secondary N) is 1. The molecule has 2 heterocycles. The Balaban J connectivity index is 1.24. The number of carbonyl (C=O) groups excluding carboxylic acids is 3. The molecule has 182 valence electrons. The fourth-order valence-corrected chi connectivity index (χ4v) is 5.36. The Labute approximate surface area is 213 Å². The lowest BCUT2D eigenvalue weighted by Crippen LogP contribution is -2.70. The van der Waals surface area contributed by atoms with Crippen LogP contribution in [0.2, 0.25) is 0 Å². The number of carbonyl (C=O) groups is 3. The average Bonchev–Trinajstić information content (AvgIpc) is 2.94. The van der Waals surface area contributed by atoms with E-state index in [0.717, 1.165) is 11.1 Å². The van der Waals surface area contributed by atoms with Gasteiger partial charge in [0.25, 0.3) is 11.8 Å². The molecule has 0 bridgehead atoms. The second-order valence-electron chi connectivity index (χ2n) is 8.28. The van der Waals surface area contributed by atoms with Gasteiger partial charge in [0.05, 0.1) is 0 Å². The highest BCUT2D eigenvalue weighted by Crippen LogP contribution is 2.39. The largest absolute Gasteiger partial charge is 0.484 e. The molecule has 7 nitrogen and oxygen atoms in total. The molecule has 8 heteroatoms. The smallest absolute Gasteiger partial charge is 0.355 e. The van der Waals surface area contributed by atoms with Crippen molar-refractivity contribution in [3.63, 3.8) is 0 Å². The maximum atomic E-state index is 13.3. The predicted molar refractivity (Wildman–Crippen MR) is 136 cm³/mol. The lowest BCUT2D eigenvalue weighted by Gasteiger charge is -2.48. The molecule has 1 fully saturated rings. The maximum Gasteiger partial charge on any atom is 0.355 e. The van der Waals surface area contributed by atoms with Crippen LogP contribution in [-0.4, -0.2) is 46.5 Å². The molecule has 0 saturated carbocycles. The van der Waals surface area contributed by atoms with Crippen molar-refractivity contribution in [1.82, 2.24) is 10.2 Å². The molecular weight excluding hydrogens is 476 g/mol. The van der Waals surface area contributed by atoms with Crippen molar-refractivity contribution in [2.75, 3.05) is 12.4 Å². The molecule has 0 aromatic heterocycles. The van der Waals surface area contributed by atoms with Crippen LogP contribution in [0.4, 0.5) is 0 Å². The standard InChI is InChI=1S/C28H24N2O5S/c31-23(18-34-21-14-8-3-9-15-21)29-24-26(32)30-22(16-17-36-27(24)30)28(33)35-25(19-10-4-1-5-11-19)20-12-6-2-7-13-20/h1-16,24-25,27H,17-18H2,(H,29,31)/t24-,27-/m1/s1. The Morgan fingerprint density at radius 1 is 0.917 bits per heavy atom. The molecule has 1 saturated heterocycles. The van der Waals surface area contributed by atoms with Gasteiger partial charge in [0.15, 0.2) is 12.7 Å². The van der Waals surface area contributed by atoms with Gasteiger partial charge in [0.1, 0.15) is 22.9 Å². The summed E-state index contributed by atoms with van der Waals surface area (Å²) in [6, 6.07) is 27.2. The number of benzene rings is 3. The van der Waals surface area contributed by atoms with Crippen LogP contribution < -0.4 is 10.1 Å². The van der Waals surface area contributed by atoms with E-state index in [-0.39, 0.29) is 23.6 Å². The topological polar surface area (TPSA) is 84.9 Å². The summed E-state index contributed by atoms with van der Waals surface area (Å²) < 4.78 is 11.4. The number of esters is 1. The van der Waals surface area contributed by atoms with E-state index in [0.29, 0.717) is 11.5 Å². The zero-order chi connectivity index (χ0) is 24.9. The van der Waals surface area contributed by atoms with Crippen LogP contribution >= 0.6 is 11.8 Å². The molecule has 0 spiro atoms. The summed E-state index contributed by atoms with van der Waals surface area (Å²) in [7, 11) is 0. The Bertz CT molecular complexity index is 1230. The van der Waals surface area contributed by atoms with Crippen molar-refractivity contribution in [3.8, 4) is 5.75 Å². The number of para-hydroxylation sites is 1. The summed E-state index contributed by atoms with van der Waals surface area (Å²) in [5.41, 5.74) is 1.86. The average molecular weight is 501 g/mol. The molecule has 2 atom stereocenters. The number of thioether (sulfide) groups is 1. The van der Waals surface area contributed by atoms with Gasteiger partial charge in [-0.2, -0.15) is 0 Å². The number of nitrogens with zero attached hydrogens (tertiary/aromatic N) is 1. The SMILES string of the molecule is O=C(COc1ccccc1)N[C@@H]1C(=O)N2C(C(=O)OC(c3ccccc3)c3ccccc3)=CCS[C@H]12. The lowest BCUT2D eigenvalue weighted by atomic mass is 10.0. The highest BCUT2D eigenvalue weighted by Gasteiger charge is 2.53. The molecule has 2 amide bonds. The second kappa shape index (κ2) is 10.7. The van der Waals surface area contributed by atoms with Crippen molar-refractivity contribution in [1.29, 1.82) is 0 Å². The van der Waals surface area contributed by atoms with E-state index in [1.807, 2.05) is 78.9 Å². The first-order valence-corrected chi connectivity index (χ1v) is 12.6. The number of rotatable bonds is 8. The van der Waals surface area contributed by atoms with E-state index >= 15 is 0 Å². The Morgan fingerprint density at radius 2 is 1.50 bits per heavy atom. The predicted octanol–water partition coefficient (Wildman–Crippen LogP) is 3.68. The summed E-state index contributed by atoms with van der Waals surface area (Å²) in [5, 5.41) is 2.36. The van der Waals surface area contributed by atoms with Crippen LogP contribution in [0.5, 0.6) is 5.75 Å². The van der Waals surface area contributed by atoms with Crippen molar-refractivity contribution >= 4 is 29.5 Å². The fourth-order valence-electron chi connectivity index (χ4n) is 4.16. The van der Waals surface area contributed by atoms with E-state index in [2.05, 4.69) is 5.32 Å². The molecule has 0 aliphatic carbocycles. The molecule has 3 aromatic carbocycles. The van der Waals surface area contributed by atoms with Crippen LogP contribution in [0.15, 0.2) is 103 Å². The fraction of sp³-hybridized carbons (Fsp3) is 0.179. The van der Waals surface area contributed by atoms with Crippen molar-refractivity contribution in [3.05, 3.63) is 114 Å². The number of ether oxygens (including phenoxy) is 2. The van der Waals surface area contributed by atoms with Gasteiger partial charge in [0.2, 0.25) is 0 Å². The first-order valence-electron chi connectivity index (χ1n) is 11.5. The highest BCUT2D eigenvalue weighted by atomic mass is 32.2. The molecule has 2 aliphatic rings. The van der Waals surface area contributed by atoms with Crippen LogP contribution in [0.3, 0.4) is 0 Å². The van der Waals surface area contributed by atoms with E-state index in [4.69, 9.17) is 9.47 Å². The van der Waals surface area contributed by atoms with Crippen molar-refractivity contribution in [2.45, 2.75) is 17.5 Å². The van der Waals surface area contributed by atoms with Crippen molar-refractivity contribution < 1.29 is 23.9 Å². The number of amides is 2. The zero-order valence-electron chi connectivity index (χ0n) is 19.3. The summed E-state index contributed by atoms with van der Waals surface area (Å²) in [6.07, 6.45) is 1.08. The first kappa shape index (κ1) is 23.7. The van der Waals surface area contributed by atoms with E-state index in [9.17, 15) is 14.4 Å². The van der Waals surface area contributed by atoms with Crippen LogP contribution in [0.25, 0.3) is 0 Å². The summed E-state index contributed by atoms with van der Waals surface area (Å²) in [5.74, 6) is -0.236. The summed E-state index contributed by atoms with van der Waals surface area (Å²) in [4.78, 5) is 40.0. The van der Waals surface area contributed by atoms with Crippen LogP contribution in [-0.2, 0) is 19.1 Å². The maximum absolute atomic E-state index is 13.3. The van der Waals surface area contributed by atoms with Crippen molar-refractivity contribution in [2.24, 2.45) is 0 Å². The number of hydrogen-bond donors (Lipinski definition) is 1. The van der Waals surface area contributed by atoms with E-state index < -0.39 is 24.0 Å². The van der Waals surface area contributed by atoms with Gasteiger partial charge in [-0.1, -0.05) is 78.9 Å². The molecular formula is C28H24N2O5S. The van der Waals surface area contributed by atoms with E-state index in [1.165, 1.54) is 16.7 Å². The number of fused-ring (bicyclic) bond motifs is 1. The minimum Gasteiger partial charge on any atom is -0.484 e. The third-order valence-electron chi connectivity index (χ3n) is 5.91. The van der Waals surface area contributed by atoms with Crippen LogP contribution in [0.1, 0.15) is 17.2 Å². The highest BCUT2D eigenvalue weighted by molar-refractivity contribution is 8.00. The quantitative estimate of drug-likeness (QED) is 0.375. The number of hydrogen-bond acceptors (Lipinski definition) is 6. The first-order chi connectivity index (χ1) is 17.6.